The van der Waals surface area contributed by atoms with Gasteiger partial charge in [0.2, 0.25) is 6.19 Å². The van der Waals surface area contributed by atoms with Gasteiger partial charge in [-0.1, -0.05) is 0 Å². The van der Waals surface area contributed by atoms with Gasteiger partial charge in [0.15, 0.2) is 0 Å². The third-order valence-corrected chi connectivity index (χ3v) is 6.42. The van der Waals surface area contributed by atoms with Crippen molar-refractivity contribution in [3.05, 3.63) is 16.1 Å². The van der Waals surface area contributed by atoms with Crippen LogP contribution in [0.1, 0.15) is 22.7 Å². The first-order chi connectivity index (χ1) is 7.64. The van der Waals surface area contributed by atoms with Crippen LogP contribution in [0.15, 0.2) is 10.6 Å². The fraction of sp³-hybridized carbons (Fsp3) is 0.600. The molecule has 0 N–H and O–H groups in total. The lowest BCUT2D eigenvalue weighted by atomic mass is 10.2. The van der Waals surface area contributed by atoms with Crippen LogP contribution in [-0.4, -0.2) is 20.2 Å². The van der Waals surface area contributed by atoms with Crippen LogP contribution >= 0.6 is 11.3 Å². The van der Waals surface area contributed by atoms with Crippen molar-refractivity contribution in [2.24, 2.45) is 4.36 Å². The summed E-state index contributed by atoms with van der Waals surface area (Å²) in [4.78, 5) is 5.33. The molecule has 0 bridgehead atoms. The highest BCUT2D eigenvalue weighted by Gasteiger charge is 2.30. The topological polar surface area (TPSA) is 66.1 Å². The van der Waals surface area contributed by atoms with Crippen molar-refractivity contribution < 1.29 is 4.21 Å². The number of hydrogen-bond donors (Lipinski definition) is 0. The van der Waals surface area contributed by atoms with E-state index in [9.17, 15) is 4.21 Å². The predicted octanol–water partition coefficient (Wildman–Crippen LogP) is 2.11. The van der Waals surface area contributed by atoms with Gasteiger partial charge in [0.25, 0.3) is 0 Å². The average molecular weight is 255 g/mol. The number of aryl methyl sites for hydroxylation is 1. The molecule has 0 radical (unpaired) electrons. The van der Waals surface area contributed by atoms with E-state index in [1.54, 1.807) is 17.5 Å². The largest absolute Gasteiger partial charge is 0.250 e. The van der Waals surface area contributed by atoms with Crippen LogP contribution in [0.25, 0.3) is 0 Å². The number of hydrogen-bond acceptors (Lipinski definition) is 5. The molecule has 86 valence electrons. The molecule has 4 nitrogen and oxygen atoms in total. The van der Waals surface area contributed by atoms with E-state index < -0.39 is 9.73 Å². The first kappa shape index (κ1) is 11.6. The van der Waals surface area contributed by atoms with Gasteiger partial charge in [-0.2, -0.15) is 5.26 Å². The zero-order valence-electron chi connectivity index (χ0n) is 9.05. The summed E-state index contributed by atoms with van der Waals surface area (Å²) in [6.45, 7) is 1.96. The number of rotatable bonds is 2. The number of aromatic nitrogens is 1. The van der Waals surface area contributed by atoms with Crippen molar-refractivity contribution in [2.75, 3.05) is 5.75 Å². The lowest BCUT2D eigenvalue weighted by molar-refractivity contribution is 0.668. The number of nitriles is 1. The Kier molecular flexibility index (Phi) is 3.26. The molecule has 1 aliphatic heterocycles. The SMILES string of the molecule is Cc1ncc(CC2CCCS2(=O)=NC#N)s1. The Hall–Kier alpha value is -0.930. The molecule has 2 heterocycles. The minimum atomic E-state index is -2.29. The summed E-state index contributed by atoms with van der Waals surface area (Å²) in [6, 6.07) is 0. The van der Waals surface area contributed by atoms with E-state index in [4.69, 9.17) is 5.26 Å². The van der Waals surface area contributed by atoms with Crippen LogP contribution in [0.4, 0.5) is 0 Å². The smallest absolute Gasteiger partial charge is 0.214 e. The highest BCUT2D eigenvalue weighted by molar-refractivity contribution is 7.94. The molecule has 1 fully saturated rings. The molecule has 0 saturated carbocycles. The minimum absolute atomic E-state index is 0.0343. The standard InChI is InChI=1S/C10H13N3OS2/c1-8-12-6-9(15-8)5-10-3-2-4-16(10,14)13-7-11/h6,10H,2-5H2,1H3. The summed E-state index contributed by atoms with van der Waals surface area (Å²) in [7, 11) is -2.29. The van der Waals surface area contributed by atoms with Gasteiger partial charge in [-0.05, 0) is 26.2 Å². The average Bonchev–Trinajstić information content (AvgIpc) is 2.77. The van der Waals surface area contributed by atoms with Gasteiger partial charge < -0.3 is 0 Å². The van der Waals surface area contributed by atoms with Gasteiger partial charge in [0, 0.05) is 22.1 Å². The molecule has 1 aromatic heterocycles. The summed E-state index contributed by atoms with van der Waals surface area (Å²) in [5, 5.41) is 9.63. The molecular formula is C10H13N3OS2. The van der Waals surface area contributed by atoms with Crippen molar-refractivity contribution >= 4 is 21.1 Å². The molecule has 1 saturated heterocycles. The summed E-state index contributed by atoms with van der Waals surface area (Å²) >= 11 is 1.63. The molecule has 0 amide bonds. The molecular weight excluding hydrogens is 242 g/mol. The van der Waals surface area contributed by atoms with E-state index in [0.29, 0.717) is 5.75 Å². The van der Waals surface area contributed by atoms with Crippen LogP contribution in [-0.2, 0) is 16.1 Å². The maximum atomic E-state index is 12.3. The van der Waals surface area contributed by atoms with Gasteiger partial charge in [0.05, 0.1) is 14.7 Å². The molecule has 16 heavy (non-hydrogen) atoms. The van der Waals surface area contributed by atoms with Gasteiger partial charge in [-0.3, -0.25) is 0 Å². The maximum absolute atomic E-state index is 12.3. The monoisotopic (exact) mass is 255 g/mol. The van der Waals surface area contributed by atoms with Gasteiger partial charge in [-0.15, -0.1) is 15.7 Å². The van der Waals surface area contributed by atoms with Crippen molar-refractivity contribution in [3.63, 3.8) is 0 Å². The Morgan fingerprint density at radius 2 is 2.62 bits per heavy atom. The van der Waals surface area contributed by atoms with Crippen molar-refractivity contribution in [1.82, 2.24) is 4.98 Å². The number of thiazole rings is 1. The Balaban J connectivity index is 2.20. The van der Waals surface area contributed by atoms with E-state index >= 15 is 0 Å². The summed E-state index contributed by atoms with van der Waals surface area (Å²) in [5.41, 5.74) is 0. The van der Waals surface area contributed by atoms with Crippen LogP contribution in [0.3, 0.4) is 0 Å². The Morgan fingerprint density at radius 1 is 1.81 bits per heavy atom. The molecule has 2 unspecified atom stereocenters. The zero-order valence-corrected chi connectivity index (χ0v) is 10.7. The number of nitrogens with zero attached hydrogens (tertiary/aromatic N) is 3. The first-order valence-electron chi connectivity index (χ1n) is 5.17. The highest BCUT2D eigenvalue weighted by Crippen LogP contribution is 2.27. The summed E-state index contributed by atoms with van der Waals surface area (Å²) in [5.74, 6) is 0.572. The van der Waals surface area contributed by atoms with Crippen molar-refractivity contribution in [2.45, 2.75) is 31.4 Å². The van der Waals surface area contributed by atoms with Crippen LogP contribution < -0.4 is 0 Å². The third kappa shape index (κ3) is 2.25. The summed E-state index contributed by atoms with van der Waals surface area (Å²) in [6.07, 6.45) is 6.10. The van der Waals surface area contributed by atoms with E-state index in [1.807, 2.05) is 13.1 Å². The Labute approximate surface area is 99.5 Å². The van der Waals surface area contributed by atoms with E-state index in [2.05, 4.69) is 9.35 Å². The molecule has 6 heteroatoms. The fourth-order valence-electron chi connectivity index (χ4n) is 2.01. The lowest BCUT2D eigenvalue weighted by Gasteiger charge is -2.09. The third-order valence-electron chi connectivity index (χ3n) is 2.78. The van der Waals surface area contributed by atoms with Crippen molar-refractivity contribution in [1.29, 1.82) is 5.26 Å². The van der Waals surface area contributed by atoms with Crippen LogP contribution in [0.2, 0.25) is 0 Å². The van der Waals surface area contributed by atoms with E-state index in [0.717, 1.165) is 29.1 Å². The molecule has 1 aliphatic rings. The lowest BCUT2D eigenvalue weighted by Crippen LogP contribution is -2.17. The highest BCUT2D eigenvalue weighted by atomic mass is 32.2. The molecule has 2 atom stereocenters. The van der Waals surface area contributed by atoms with Crippen molar-refractivity contribution in [3.8, 4) is 6.19 Å². The molecule has 0 aromatic carbocycles. The predicted molar refractivity (Wildman–Crippen MR) is 64.6 cm³/mol. The Morgan fingerprint density at radius 3 is 3.25 bits per heavy atom. The quantitative estimate of drug-likeness (QED) is 0.760. The van der Waals surface area contributed by atoms with Gasteiger partial charge in [-0.25, -0.2) is 9.19 Å². The minimum Gasteiger partial charge on any atom is -0.250 e. The normalized spacial score (nSPS) is 28.9. The Bertz CT molecular complexity index is 535. The van der Waals surface area contributed by atoms with E-state index in [1.165, 1.54) is 0 Å². The second-order valence-corrected chi connectivity index (χ2v) is 7.86. The second-order valence-electron chi connectivity index (χ2n) is 3.90. The first-order valence-corrected chi connectivity index (χ1v) is 7.73. The van der Waals surface area contributed by atoms with Crippen LogP contribution in [0.5, 0.6) is 0 Å². The zero-order chi connectivity index (χ0) is 11.6. The molecule has 0 spiro atoms. The molecule has 0 aliphatic carbocycles. The van der Waals surface area contributed by atoms with Crippen LogP contribution in [0, 0.1) is 18.4 Å². The van der Waals surface area contributed by atoms with Gasteiger partial charge >= 0.3 is 0 Å². The second kappa shape index (κ2) is 4.52. The fourth-order valence-corrected chi connectivity index (χ4v) is 5.26. The molecule has 2 rings (SSSR count). The maximum Gasteiger partial charge on any atom is 0.214 e. The molecule has 1 aromatic rings. The van der Waals surface area contributed by atoms with Gasteiger partial charge in [0.1, 0.15) is 0 Å². The van der Waals surface area contributed by atoms with E-state index in [-0.39, 0.29) is 5.25 Å². The summed E-state index contributed by atoms with van der Waals surface area (Å²) < 4.78 is 16.0.